The summed E-state index contributed by atoms with van der Waals surface area (Å²) in [5, 5.41) is 0. The van der Waals surface area contributed by atoms with Gasteiger partial charge < -0.3 is 5.73 Å². The molecule has 0 amide bonds. The average Bonchev–Trinajstić information content (AvgIpc) is 2.48. The van der Waals surface area contributed by atoms with E-state index in [0.29, 0.717) is 5.95 Å². The van der Waals surface area contributed by atoms with Crippen LogP contribution < -0.4 is 5.73 Å². The number of rotatable bonds is 2. The lowest BCUT2D eigenvalue weighted by Gasteiger charge is -2.25. The summed E-state index contributed by atoms with van der Waals surface area (Å²) in [6.07, 6.45) is 5.77. The molecule has 2 aromatic heterocycles. The number of hydrogen-bond donors (Lipinski definition) is 1. The minimum absolute atomic E-state index is 0.593. The molecule has 78 valence electrons. The van der Waals surface area contributed by atoms with Crippen LogP contribution in [-0.2, 0) is 6.54 Å². The summed E-state index contributed by atoms with van der Waals surface area (Å²) in [6, 6.07) is 3.85. The quantitative estimate of drug-likeness (QED) is 0.808. The van der Waals surface area contributed by atoms with E-state index in [0.717, 1.165) is 23.6 Å². The van der Waals surface area contributed by atoms with Crippen LogP contribution in [0.2, 0.25) is 0 Å². The Hall–Kier alpha value is -1.58. The van der Waals surface area contributed by atoms with Gasteiger partial charge in [-0.25, -0.2) is 9.97 Å². The van der Waals surface area contributed by atoms with E-state index in [-0.39, 0.29) is 0 Å². The maximum absolute atomic E-state index is 5.89. The molecular formula is C11H14N4. The summed E-state index contributed by atoms with van der Waals surface area (Å²) < 4.78 is 2.04. The molecule has 0 radical (unpaired) electrons. The molecule has 0 aromatic carbocycles. The number of imidazole rings is 1. The first-order valence-electron chi connectivity index (χ1n) is 5.41. The van der Waals surface area contributed by atoms with Crippen LogP contribution in [0.3, 0.4) is 0 Å². The molecule has 0 unspecified atom stereocenters. The normalized spacial score (nSPS) is 16.8. The van der Waals surface area contributed by atoms with Crippen molar-refractivity contribution in [3.63, 3.8) is 0 Å². The van der Waals surface area contributed by atoms with Crippen LogP contribution in [0.15, 0.2) is 18.3 Å². The van der Waals surface area contributed by atoms with E-state index in [4.69, 9.17) is 5.73 Å². The summed E-state index contributed by atoms with van der Waals surface area (Å²) in [4.78, 5) is 8.64. The van der Waals surface area contributed by atoms with E-state index in [1.807, 2.05) is 16.7 Å². The third kappa shape index (κ3) is 1.37. The van der Waals surface area contributed by atoms with Crippen molar-refractivity contribution < 1.29 is 0 Å². The number of aromatic nitrogens is 3. The second kappa shape index (κ2) is 3.22. The molecule has 4 heteroatoms. The fraction of sp³-hybridized carbons (Fsp3) is 0.455. The first-order valence-corrected chi connectivity index (χ1v) is 5.41. The van der Waals surface area contributed by atoms with Crippen LogP contribution in [-0.4, -0.2) is 14.5 Å². The molecule has 1 aliphatic carbocycles. The largest absolute Gasteiger partial charge is 0.369 e. The Balaban J connectivity index is 2.03. The standard InChI is InChI=1S/C11H14N4/c12-11-14-9-5-2-6-13-10(9)15(11)7-8-3-1-4-8/h2,5-6,8H,1,3-4,7H2,(H2,12,14). The molecule has 2 heterocycles. The monoisotopic (exact) mass is 202 g/mol. The lowest BCUT2D eigenvalue weighted by molar-refractivity contribution is 0.280. The third-order valence-electron chi connectivity index (χ3n) is 3.20. The number of anilines is 1. The smallest absolute Gasteiger partial charge is 0.202 e. The van der Waals surface area contributed by atoms with Gasteiger partial charge in [-0.2, -0.15) is 0 Å². The minimum Gasteiger partial charge on any atom is -0.369 e. The molecule has 3 rings (SSSR count). The summed E-state index contributed by atoms with van der Waals surface area (Å²) in [6.45, 7) is 0.972. The number of fused-ring (bicyclic) bond motifs is 1. The predicted molar refractivity (Wildman–Crippen MR) is 59.3 cm³/mol. The Morgan fingerprint density at radius 2 is 2.33 bits per heavy atom. The van der Waals surface area contributed by atoms with E-state index in [1.165, 1.54) is 19.3 Å². The molecule has 0 spiro atoms. The van der Waals surface area contributed by atoms with Crippen LogP contribution in [0.4, 0.5) is 5.95 Å². The number of nitrogen functional groups attached to an aromatic ring is 1. The van der Waals surface area contributed by atoms with Crippen molar-refractivity contribution in [3.05, 3.63) is 18.3 Å². The highest BCUT2D eigenvalue weighted by atomic mass is 15.2. The van der Waals surface area contributed by atoms with E-state index in [2.05, 4.69) is 9.97 Å². The number of hydrogen-bond acceptors (Lipinski definition) is 3. The van der Waals surface area contributed by atoms with E-state index in [9.17, 15) is 0 Å². The number of pyridine rings is 1. The molecule has 4 nitrogen and oxygen atoms in total. The van der Waals surface area contributed by atoms with E-state index in [1.54, 1.807) is 6.20 Å². The van der Waals surface area contributed by atoms with Gasteiger partial charge in [0.25, 0.3) is 0 Å². The summed E-state index contributed by atoms with van der Waals surface area (Å²) in [5.74, 6) is 1.36. The predicted octanol–water partition coefficient (Wildman–Crippen LogP) is 1.81. The van der Waals surface area contributed by atoms with E-state index < -0.39 is 0 Å². The fourth-order valence-electron chi connectivity index (χ4n) is 2.09. The van der Waals surface area contributed by atoms with Crippen molar-refractivity contribution in [1.29, 1.82) is 0 Å². The number of nitrogens with zero attached hydrogens (tertiary/aromatic N) is 3. The minimum atomic E-state index is 0.593. The molecule has 1 aliphatic rings. The van der Waals surface area contributed by atoms with Crippen molar-refractivity contribution in [2.45, 2.75) is 25.8 Å². The van der Waals surface area contributed by atoms with Gasteiger partial charge in [0.2, 0.25) is 5.95 Å². The molecule has 0 bridgehead atoms. The molecule has 0 atom stereocenters. The summed E-state index contributed by atoms with van der Waals surface area (Å²) in [5.41, 5.74) is 7.71. The Morgan fingerprint density at radius 3 is 3.07 bits per heavy atom. The highest BCUT2D eigenvalue weighted by Crippen LogP contribution is 2.29. The second-order valence-electron chi connectivity index (χ2n) is 4.22. The van der Waals surface area contributed by atoms with Gasteiger partial charge in [-0.3, -0.25) is 4.57 Å². The summed E-state index contributed by atoms with van der Waals surface area (Å²) >= 11 is 0. The van der Waals surface area contributed by atoms with Crippen LogP contribution in [0.25, 0.3) is 11.2 Å². The van der Waals surface area contributed by atoms with Crippen LogP contribution >= 0.6 is 0 Å². The topological polar surface area (TPSA) is 56.7 Å². The zero-order valence-electron chi connectivity index (χ0n) is 8.56. The van der Waals surface area contributed by atoms with Crippen molar-refractivity contribution in [1.82, 2.24) is 14.5 Å². The molecular weight excluding hydrogens is 188 g/mol. The maximum atomic E-state index is 5.89. The first-order chi connectivity index (χ1) is 7.34. The Labute approximate surface area is 88.1 Å². The first kappa shape index (κ1) is 8.71. The number of nitrogens with two attached hydrogens (primary N) is 1. The van der Waals surface area contributed by atoms with Gasteiger partial charge in [-0.1, -0.05) is 6.42 Å². The second-order valence-corrected chi connectivity index (χ2v) is 4.22. The highest BCUT2D eigenvalue weighted by Gasteiger charge is 2.20. The highest BCUT2D eigenvalue weighted by molar-refractivity contribution is 5.73. The fourth-order valence-corrected chi connectivity index (χ4v) is 2.09. The lowest BCUT2D eigenvalue weighted by atomic mass is 9.85. The van der Waals surface area contributed by atoms with Crippen LogP contribution in [0.5, 0.6) is 0 Å². The van der Waals surface area contributed by atoms with Gasteiger partial charge in [0.15, 0.2) is 5.65 Å². The lowest BCUT2D eigenvalue weighted by Crippen LogP contribution is -2.19. The van der Waals surface area contributed by atoms with Crippen LogP contribution in [0, 0.1) is 5.92 Å². The molecule has 2 aromatic rings. The molecule has 1 fully saturated rings. The van der Waals surface area contributed by atoms with Gasteiger partial charge in [-0.15, -0.1) is 0 Å². The Bertz CT molecular complexity index is 484. The van der Waals surface area contributed by atoms with Crippen molar-refractivity contribution in [3.8, 4) is 0 Å². The van der Waals surface area contributed by atoms with Crippen LogP contribution in [0.1, 0.15) is 19.3 Å². The van der Waals surface area contributed by atoms with Gasteiger partial charge in [-0.05, 0) is 30.9 Å². The SMILES string of the molecule is Nc1nc2cccnc2n1CC1CCC1. The maximum Gasteiger partial charge on any atom is 0.202 e. The molecule has 2 N–H and O–H groups in total. The van der Waals surface area contributed by atoms with Gasteiger partial charge >= 0.3 is 0 Å². The van der Waals surface area contributed by atoms with Crippen molar-refractivity contribution in [2.24, 2.45) is 5.92 Å². The molecule has 0 aliphatic heterocycles. The van der Waals surface area contributed by atoms with Crippen molar-refractivity contribution >= 4 is 17.1 Å². The third-order valence-corrected chi connectivity index (χ3v) is 3.20. The Kier molecular flexibility index (Phi) is 1.87. The van der Waals surface area contributed by atoms with Gasteiger partial charge in [0, 0.05) is 12.7 Å². The molecule has 0 saturated heterocycles. The van der Waals surface area contributed by atoms with Crippen molar-refractivity contribution in [2.75, 3.05) is 5.73 Å². The zero-order valence-corrected chi connectivity index (χ0v) is 8.56. The van der Waals surface area contributed by atoms with Gasteiger partial charge in [0.05, 0.1) is 0 Å². The zero-order chi connectivity index (χ0) is 10.3. The van der Waals surface area contributed by atoms with Gasteiger partial charge in [0.1, 0.15) is 5.52 Å². The summed E-state index contributed by atoms with van der Waals surface area (Å²) in [7, 11) is 0. The molecule has 15 heavy (non-hydrogen) atoms. The average molecular weight is 202 g/mol. The van der Waals surface area contributed by atoms with E-state index >= 15 is 0 Å². The Morgan fingerprint density at radius 1 is 1.47 bits per heavy atom. The molecule has 1 saturated carbocycles.